The van der Waals surface area contributed by atoms with Crippen molar-refractivity contribution in [1.29, 1.82) is 0 Å². The monoisotopic (exact) mass is 329 g/mol. The van der Waals surface area contributed by atoms with Crippen LogP contribution in [0.2, 0.25) is 0 Å². The van der Waals surface area contributed by atoms with E-state index in [0.29, 0.717) is 17.9 Å². The van der Waals surface area contributed by atoms with Crippen LogP contribution in [0.4, 0.5) is 5.13 Å². The summed E-state index contributed by atoms with van der Waals surface area (Å²) in [6.45, 7) is 2.05. The van der Waals surface area contributed by atoms with Gasteiger partial charge in [-0.1, -0.05) is 29.9 Å². The third-order valence-electron chi connectivity index (χ3n) is 5.63. The number of carbonyl (C=O) groups excluding carboxylic acids is 1. The Hall–Kier alpha value is -1.46. The average Bonchev–Trinajstić information content (AvgIpc) is 2.91. The Balaban J connectivity index is 1.50. The fraction of sp³-hybridized carbons (Fsp3) is 0.556. The van der Waals surface area contributed by atoms with Gasteiger partial charge in [0, 0.05) is 12.0 Å². The topological polar surface area (TPSA) is 68.0 Å². The smallest absolute Gasteiger partial charge is 0.229 e. The van der Waals surface area contributed by atoms with Gasteiger partial charge < -0.3 is 11.1 Å². The molecule has 0 saturated heterocycles. The van der Waals surface area contributed by atoms with Gasteiger partial charge in [-0.15, -0.1) is 0 Å². The molecule has 23 heavy (non-hydrogen) atoms. The molecule has 122 valence electrons. The van der Waals surface area contributed by atoms with Crippen molar-refractivity contribution < 1.29 is 4.79 Å². The van der Waals surface area contributed by atoms with Crippen LogP contribution in [0.25, 0.3) is 10.2 Å². The van der Waals surface area contributed by atoms with Gasteiger partial charge in [-0.05, 0) is 56.1 Å². The summed E-state index contributed by atoms with van der Waals surface area (Å²) in [4.78, 5) is 17.3. The molecule has 2 saturated carbocycles. The zero-order valence-corrected chi connectivity index (χ0v) is 14.2. The number of nitrogens with zero attached hydrogens (tertiary/aromatic N) is 1. The molecule has 0 radical (unpaired) electrons. The van der Waals surface area contributed by atoms with Gasteiger partial charge in [0.05, 0.1) is 10.2 Å². The van der Waals surface area contributed by atoms with Crippen LogP contribution in [-0.2, 0) is 4.79 Å². The van der Waals surface area contributed by atoms with E-state index < -0.39 is 0 Å². The number of fused-ring (bicyclic) bond motifs is 3. The second kappa shape index (κ2) is 5.87. The first-order valence-electron chi connectivity index (χ1n) is 8.54. The lowest BCUT2D eigenvalue weighted by Crippen LogP contribution is -2.48. The number of aromatic nitrogens is 1. The third-order valence-corrected chi connectivity index (χ3v) is 6.57. The number of hydrogen-bond donors (Lipinski definition) is 2. The van der Waals surface area contributed by atoms with Gasteiger partial charge >= 0.3 is 0 Å². The lowest BCUT2D eigenvalue weighted by Gasteiger charge is -2.43. The summed E-state index contributed by atoms with van der Waals surface area (Å²) in [5.41, 5.74) is 8.47. The van der Waals surface area contributed by atoms with Crippen molar-refractivity contribution in [3.05, 3.63) is 23.8 Å². The van der Waals surface area contributed by atoms with E-state index in [1.807, 2.05) is 6.07 Å². The zero-order chi connectivity index (χ0) is 16.0. The Kier molecular flexibility index (Phi) is 3.85. The second-order valence-electron chi connectivity index (χ2n) is 7.13. The molecule has 2 aromatic rings. The van der Waals surface area contributed by atoms with Crippen LogP contribution < -0.4 is 11.1 Å². The predicted octanol–water partition coefficient (Wildman–Crippen LogP) is 3.70. The molecule has 2 aliphatic rings. The standard InChI is InChI=1S/C18H23N3OS/c1-10-4-2-7-14-16(10)20-18(23-14)21-17(22)13-8-11-5-3-6-12(9-13)15(11)19/h2,4,7,11-13,15H,3,5-6,8-9,19H2,1H3,(H,20,21,22). The highest BCUT2D eigenvalue weighted by atomic mass is 32.1. The number of rotatable bonds is 2. The number of nitrogens with two attached hydrogens (primary N) is 1. The number of benzene rings is 1. The van der Waals surface area contributed by atoms with E-state index in [-0.39, 0.29) is 11.8 Å². The van der Waals surface area contributed by atoms with E-state index in [2.05, 4.69) is 29.4 Å². The number of carbonyl (C=O) groups is 1. The molecule has 1 aromatic heterocycles. The molecule has 2 bridgehead atoms. The molecule has 1 heterocycles. The maximum absolute atomic E-state index is 12.7. The van der Waals surface area contributed by atoms with Gasteiger partial charge in [0.2, 0.25) is 5.91 Å². The van der Waals surface area contributed by atoms with Crippen LogP contribution in [-0.4, -0.2) is 16.9 Å². The minimum atomic E-state index is 0.0956. The normalized spacial score (nSPS) is 30.3. The van der Waals surface area contributed by atoms with Crippen LogP contribution >= 0.6 is 11.3 Å². The highest BCUT2D eigenvalue weighted by molar-refractivity contribution is 7.22. The van der Waals surface area contributed by atoms with E-state index in [1.165, 1.54) is 19.3 Å². The molecule has 2 atom stereocenters. The Morgan fingerprint density at radius 3 is 2.74 bits per heavy atom. The highest BCUT2D eigenvalue weighted by Crippen LogP contribution is 2.42. The SMILES string of the molecule is Cc1cccc2sc(NC(=O)C3CC4CCCC(C3)C4N)nc12. The van der Waals surface area contributed by atoms with Crippen molar-refractivity contribution >= 4 is 32.6 Å². The fourth-order valence-electron chi connectivity index (χ4n) is 4.35. The number of nitrogens with one attached hydrogen (secondary N) is 1. The Bertz CT molecular complexity index is 727. The Morgan fingerprint density at radius 1 is 1.30 bits per heavy atom. The van der Waals surface area contributed by atoms with Gasteiger partial charge in [0.1, 0.15) is 0 Å². The van der Waals surface area contributed by atoms with E-state index in [4.69, 9.17) is 5.73 Å². The predicted molar refractivity (Wildman–Crippen MR) is 94.5 cm³/mol. The number of hydrogen-bond acceptors (Lipinski definition) is 4. The van der Waals surface area contributed by atoms with Crippen LogP contribution in [0.3, 0.4) is 0 Å². The first-order chi connectivity index (χ1) is 11.1. The summed E-state index contributed by atoms with van der Waals surface area (Å²) >= 11 is 1.56. The molecule has 3 N–H and O–H groups in total. The van der Waals surface area contributed by atoms with E-state index in [1.54, 1.807) is 11.3 Å². The first-order valence-corrected chi connectivity index (χ1v) is 9.36. The summed E-state index contributed by atoms with van der Waals surface area (Å²) in [6, 6.07) is 6.44. The van der Waals surface area contributed by atoms with Crippen LogP contribution in [0.5, 0.6) is 0 Å². The van der Waals surface area contributed by atoms with Crippen molar-refractivity contribution in [2.45, 2.75) is 45.1 Å². The zero-order valence-electron chi connectivity index (χ0n) is 13.4. The van der Waals surface area contributed by atoms with E-state index >= 15 is 0 Å². The number of amides is 1. The van der Waals surface area contributed by atoms with E-state index in [9.17, 15) is 4.79 Å². The number of thiazole rings is 1. The molecular weight excluding hydrogens is 306 g/mol. The van der Waals surface area contributed by atoms with Gasteiger partial charge in [-0.2, -0.15) is 0 Å². The highest BCUT2D eigenvalue weighted by Gasteiger charge is 2.40. The van der Waals surface area contributed by atoms with Gasteiger partial charge in [0.25, 0.3) is 0 Å². The van der Waals surface area contributed by atoms with Crippen molar-refractivity contribution in [2.75, 3.05) is 5.32 Å². The number of anilines is 1. The molecule has 4 rings (SSSR count). The lowest BCUT2D eigenvalue weighted by molar-refractivity contribution is -0.122. The van der Waals surface area contributed by atoms with Crippen molar-refractivity contribution in [3.63, 3.8) is 0 Å². The third kappa shape index (κ3) is 2.76. The molecule has 1 aromatic carbocycles. The summed E-state index contributed by atoms with van der Waals surface area (Å²) < 4.78 is 1.13. The quantitative estimate of drug-likeness (QED) is 0.883. The maximum Gasteiger partial charge on any atom is 0.229 e. The summed E-state index contributed by atoms with van der Waals surface area (Å²) in [5, 5.41) is 3.78. The van der Waals surface area contributed by atoms with Gasteiger partial charge in [-0.25, -0.2) is 4.98 Å². The summed E-state index contributed by atoms with van der Waals surface area (Å²) in [7, 11) is 0. The summed E-state index contributed by atoms with van der Waals surface area (Å²) in [6.07, 6.45) is 5.51. The summed E-state index contributed by atoms with van der Waals surface area (Å²) in [5.74, 6) is 1.27. The molecule has 4 nitrogen and oxygen atoms in total. The van der Waals surface area contributed by atoms with Crippen LogP contribution in [0, 0.1) is 24.7 Å². The Morgan fingerprint density at radius 2 is 2.04 bits per heavy atom. The fourth-order valence-corrected chi connectivity index (χ4v) is 5.30. The second-order valence-corrected chi connectivity index (χ2v) is 8.16. The van der Waals surface area contributed by atoms with E-state index in [0.717, 1.165) is 33.8 Å². The molecule has 0 spiro atoms. The lowest BCUT2D eigenvalue weighted by atomic mass is 9.65. The molecule has 2 fully saturated rings. The molecule has 1 amide bonds. The molecule has 2 unspecified atom stereocenters. The molecule has 5 heteroatoms. The van der Waals surface area contributed by atoms with Crippen LogP contribution in [0.15, 0.2) is 18.2 Å². The van der Waals surface area contributed by atoms with Crippen LogP contribution in [0.1, 0.15) is 37.7 Å². The van der Waals surface area contributed by atoms with Crippen molar-refractivity contribution in [2.24, 2.45) is 23.5 Å². The average molecular weight is 329 g/mol. The minimum absolute atomic E-state index is 0.0956. The maximum atomic E-state index is 12.7. The minimum Gasteiger partial charge on any atom is -0.327 e. The molecule has 0 aliphatic heterocycles. The van der Waals surface area contributed by atoms with Crippen molar-refractivity contribution in [1.82, 2.24) is 4.98 Å². The van der Waals surface area contributed by atoms with Gasteiger partial charge in [0.15, 0.2) is 5.13 Å². The molecule has 2 aliphatic carbocycles. The number of aryl methyl sites for hydroxylation is 1. The Labute approximate surface area is 140 Å². The molecular formula is C18H23N3OS. The van der Waals surface area contributed by atoms with Crippen molar-refractivity contribution in [3.8, 4) is 0 Å². The van der Waals surface area contributed by atoms with Gasteiger partial charge in [-0.3, -0.25) is 4.79 Å². The first kappa shape index (κ1) is 15.1. The number of para-hydroxylation sites is 1. The largest absolute Gasteiger partial charge is 0.327 e.